The van der Waals surface area contributed by atoms with Gasteiger partial charge < -0.3 is 9.84 Å². The van der Waals surface area contributed by atoms with Crippen molar-refractivity contribution in [3.63, 3.8) is 0 Å². The van der Waals surface area contributed by atoms with Crippen molar-refractivity contribution in [3.05, 3.63) is 29.8 Å². The summed E-state index contributed by atoms with van der Waals surface area (Å²) in [6.45, 7) is 4.62. The monoisotopic (exact) mass is 246 g/mol. The number of fused-ring (bicyclic) bond motifs is 1. The molecule has 1 saturated carbocycles. The lowest BCUT2D eigenvalue weighted by molar-refractivity contribution is -0.0676. The Hall–Kier alpha value is -1.02. The van der Waals surface area contributed by atoms with Crippen LogP contribution in [-0.4, -0.2) is 10.7 Å². The topological polar surface area (TPSA) is 29.5 Å². The van der Waals surface area contributed by atoms with Crippen molar-refractivity contribution in [1.82, 2.24) is 0 Å². The van der Waals surface area contributed by atoms with E-state index in [4.69, 9.17) is 4.74 Å². The molecule has 0 saturated heterocycles. The molecule has 0 radical (unpaired) electrons. The van der Waals surface area contributed by atoms with Gasteiger partial charge in [-0.25, -0.2) is 0 Å². The molecule has 1 heterocycles. The lowest BCUT2D eigenvalue weighted by Gasteiger charge is -2.48. The first-order valence-corrected chi connectivity index (χ1v) is 6.96. The number of ether oxygens (including phenoxy) is 1. The van der Waals surface area contributed by atoms with Crippen molar-refractivity contribution in [1.29, 1.82) is 0 Å². The summed E-state index contributed by atoms with van der Waals surface area (Å²) < 4.78 is 6.31. The minimum atomic E-state index is -0.371. The van der Waals surface area contributed by atoms with Crippen LogP contribution in [0.4, 0.5) is 0 Å². The van der Waals surface area contributed by atoms with Crippen LogP contribution in [0.3, 0.4) is 0 Å². The summed E-state index contributed by atoms with van der Waals surface area (Å²) in [5.74, 6) is 0.883. The van der Waals surface area contributed by atoms with Crippen LogP contribution in [0.1, 0.15) is 57.6 Å². The average molecular weight is 246 g/mol. The van der Waals surface area contributed by atoms with E-state index in [1.165, 1.54) is 12.8 Å². The smallest absolute Gasteiger partial charge is 0.125 e. The molecule has 1 N–H and O–H groups in total. The summed E-state index contributed by atoms with van der Waals surface area (Å²) >= 11 is 0. The quantitative estimate of drug-likeness (QED) is 0.753. The van der Waals surface area contributed by atoms with Crippen LogP contribution >= 0.6 is 0 Å². The molecule has 1 unspecified atom stereocenters. The number of hydrogen-bond donors (Lipinski definition) is 1. The van der Waals surface area contributed by atoms with Gasteiger partial charge in [0.25, 0.3) is 0 Å². The van der Waals surface area contributed by atoms with Crippen LogP contribution in [0, 0.1) is 5.41 Å². The van der Waals surface area contributed by atoms with Gasteiger partial charge in [-0.05, 0) is 37.2 Å². The highest BCUT2D eigenvalue weighted by Crippen LogP contribution is 2.50. The Kier molecular flexibility index (Phi) is 2.67. The number of hydrogen-bond acceptors (Lipinski definition) is 2. The van der Waals surface area contributed by atoms with Gasteiger partial charge in [-0.15, -0.1) is 0 Å². The fourth-order valence-corrected chi connectivity index (χ4v) is 3.79. The molecular weight excluding hydrogens is 224 g/mol. The van der Waals surface area contributed by atoms with Crippen molar-refractivity contribution >= 4 is 0 Å². The molecule has 1 fully saturated rings. The Balaban J connectivity index is 1.93. The second kappa shape index (κ2) is 3.99. The van der Waals surface area contributed by atoms with Crippen LogP contribution in [0.15, 0.2) is 24.3 Å². The second-order valence-electron chi connectivity index (χ2n) is 6.74. The fraction of sp³-hybridized carbons (Fsp3) is 0.625. The molecule has 18 heavy (non-hydrogen) atoms. The minimum absolute atomic E-state index is 0.143. The standard InChI is InChI=1S/C16H22O2/c1-15(2)8-5-9-16(11-15)10-13(17)12-6-3-4-7-14(12)18-16/h3-4,6-7,13,17H,5,8-11H2,1-2H3/t13-,16?/m1/s1. The van der Waals surface area contributed by atoms with Crippen molar-refractivity contribution in [3.8, 4) is 5.75 Å². The zero-order valence-electron chi connectivity index (χ0n) is 11.3. The third kappa shape index (κ3) is 2.03. The molecule has 0 bridgehead atoms. The minimum Gasteiger partial charge on any atom is -0.487 e. The Bertz CT molecular complexity index is 452. The average Bonchev–Trinajstić information content (AvgIpc) is 2.27. The largest absolute Gasteiger partial charge is 0.487 e. The molecule has 0 aromatic heterocycles. The molecule has 2 aliphatic rings. The van der Waals surface area contributed by atoms with Gasteiger partial charge in [-0.3, -0.25) is 0 Å². The van der Waals surface area contributed by atoms with Gasteiger partial charge in [0.05, 0.1) is 6.10 Å². The maximum atomic E-state index is 10.4. The van der Waals surface area contributed by atoms with E-state index < -0.39 is 0 Å². The molecule has 1 aromatic rings. The zero-order valence-corrected chi connectivity index (χ0v) is 11.3. The highest BCUT2D eigenvalue weighted by molar-refractivity contribution is 5.38. The van der Waals surface area contributed by atoms with Gasteiger partial charge in [0.15, 0.2) is 0 Å². The fourth-order valence-electron chi connectivity index (χ4n) is 3.79. The SMILES string of the molecule is CC1(C)CCCC2(C[C@@H](O)c3ccccc3O2)C1. The number of para-hydroxylation sites is 1. The second-order valence-corrected chi connectivity index (χ2v) is 6.74. The maximum absolute atomic E-state index is 10.4. The van der Waals surface area contributed by atoms with Crippen LogP contribution in [0.5, 0.6) is 5.75 Å². The van der Waals surface area contributed by atoms with Gasteiger partial charge in [-0.1, -0.05) is 32.0 Å². The van der Waals surface area contributed by atoms with Crippen molar-refractivity contribution in [2.24, 2.45) is 5.41 Å². The molecule has 0 amide bonds. The zero-order chi connectivity index (χ0) is 12.8. The van der Waals surface area contributed by atoms with E-state index in [0.717, 1.165) is 30.6 Å². The molecule has 2 heteroatoms. The normalized spacial score (nSPS) is 33.8. The highest BCUT2D eigenvalue weighted by atomic mass is 16.5. The van der Waals surface area contributed by atoms with E-state index in [0.29, 0.717) is 5.41 Å². The van der Waals surface area contributed by atoms with Crippen LogP contribution in [0.2, 0.25) is 0 Å². The first-order valence-electron chi connectivity index (χ1n) is 6.96. The Morgan fingerprint density at radius 2 is 2.00 bits per heavy atom. The third-order valence-corrected chi connectivity index (χ3v) is 4.46. The summed E-state index contributed by atoms with van der Waals surface area (Å²) in [5.41, 5.74) is 1.13. The molecule has 98 valence electrons. The van der Waals surface area contributed by atoms with Crippen molar-refractivity contribution in [2.45, 2.75) is 57.7 Å². The molecule has 1 aliphatic carbocycles. The highest BCUT2D eigenvalue weighted by Gasteiger charge is 2.46. The third-order valence-electron chi connectivity index (χ3n) is 4.46. The Morgan fingerprint density at radius 1 is 1.22 bits per heavy atom. The maximum Gasteiger partial charge on any atom is 0.125 e. The van der Waals surface area contributed by atoms with Crippen molar-refractivity contribution < 1.29 is 9.84 Å². The number of benzene rings is 1. The van der Waals surface area contributed by atoms with E-state index in [1.54, 1.807) is 0 Å². The lowest BCUT2D eigenvalue weighted by atomic mass is 9.67. The van der Waals surface area contributed by atoms with Gasteiger partial charge in [0, 0.05) is 12.0 Å². The van der Waals surface area contributed by atoms with Gasteiger partial charge in [0.2, 0.25) is 0 Å². The summed E-state index contributed by atoms with van der Waals surface area (Å²) in [5, 5.41) is 10.4. The van der Waals surface area contributed by atoms with Gasteiger partial charge in [-0.2, -0.15) is 0 Å². The molecule has 1 aromatic carbocycles. The van der Waals surface area contributed by atoms with Gasteiger partial charge >= 0.3 is 0 Å². The first-order chi connectivity index (χ1) is 8.50. The number of aliphatic hydroxyl groups excluding tert-OH is 1. The van der Waals surface area contributed by atoms with Crippen LogP contribution < -0.4 is 4.74 Å². The van der Waals surface area contributed by atoms with E-state index in [1.807, 2.05) is 24.3 Å². The molecule has 1 spiro atoms. The van der Waals surface area contributed by atoms with E-state index >= 15 is 0 Å². The number of aliphatic hydroxyl groups is 1. The van der Waals surface area contributed by atoms with Crippen molar-refractivity contribution in [2.75, 3.05) is 0 Å². The van der Waals surface area contributed by atoms with E-state index in [2.05, 4.69) is 13.8 Å². The molecule has 1 aliphatic heterocycles. The van der Waals surface area contributed by atoms with Crippen LogP contribution in [0.25, 0.3) is 0 Å². The van der Waals surface area contributed by atoms with Crippen LogP contribution in [-0.2, 0) is 0 Å². The van der Waals surface area contributed by atoms with Gasteiger partial charge in [0.1, 0.15) is 11.4 Å². The summed E-state index contributed by atoms with van der Waals surface area (Å²) in [6.07, 6.45) is 4.95. The predicted octanol–water partition coefficient (Wildman–Crippen LogP) is 3.84. The molecule has 3 rings (SSSR count). The van der Waals surface area contributed by atoms with E-state index in [-0.39, 0.29) is 11.7 Å². The summed E-state index contributed by atoms with van der Waals surface area (Å²) in [6, 6.07) is 7.91. The number of rotatable bonds is 0. The van der Waals surface area contributed by atoms with E-state index in [9.17, 15) is 5.11 Å². The molecule has 2 nitrogen and oxygen atoms in total. The summed E-state index contributed by atoms with van der Waals surface area (Å²) in [4.78, 5) is 0. The lowest BCUT2D eigenvalue weighted by Crippen LogP contribution is -2.47. The molecule has 2 atom stereocenters. The Labute approximate surface area is 109 Å². The first kappa shape index (κ1) is 12.0. The molecular formula is C16H22O2. The Morgan fingerprint density at radius 3 is 2.78 bits per heavy atom. The summed E-state index contributed by atoms with van der Waals surface area (Å²) in [7, 11) is 0. The predicted molar refractivity (Wildman–Crippen MR) is 71.6 cm³/mol.